The van der Waals surface area contributed by atoms with Gasteiger partial charge in [-0.05, 0) is 42.7 Å². The quantitative estimate of drug-likeness (QED) is 0.566. The summed E-state index contributed by atoms with van der Waals surface area (Å²) in [5, 5.41) is 0. The van der Waals surface area contributed by atoms with Crippen molar-refractivity contribution in [3.63, 3.8) is 0 Å². The highest BCUT2D eigenvalue weighted by atomic mass is 32.2. The molecule has 0 aliphatic carbocycles. The van der Waals surface area contributed by atoms with E-state index in [0.29, 0.717) is 15.6 Å². The molecule has 0 bridgehead atoms. The van der Waals surface area contributed by atoms with Crippen LogP contribution in [0.15, 0.2) is 23.1 Å². The molecule has 0 radical (unpaired) electrons. The van der Waals surface area contributed by atoms with Crippen molar-refractivity contribution in [2.45, 2.75) is 31.9 Å². The van der Waals surface area contributed by atoms with Gasteiger partial charge in [-0.15, -0.1) is 0 Å². The Labute approximate surface area is 156 Å². The maximum absolute atomic E-state index is 12.7. The Morgan fingerprint density at radius 1 is 1.40 bits per heavy atom. The maximum atomic E-state index is 12.7. The van der Waals surface area contributed by atoms with E-state index in [2.05, 4.69) is 0 Å². The highest BCUT2D eigenvalue weighted by Gasteiger charge is 2.42. The number of fused-ring (bicyclic) bond motifs is 1. The van der Waals surface area contributed by atoms with Crippen molar-refractivity contribution in [3.05, 3.63) is 34.2 Å². The van der Waals surface area contributed by atoms with Gasteiger partial charge < -0.3 is 4.74 Å². The van der Waals surface area contributed by atoms with Gasteiger partial charge in [0, 0.05) is 6.42 Å². The smallest absolute Gasteiger partial charge is 0.266 e. The van der Waals surface area contributed by atoms with Gasteiger partial charge in [0.2, 0.25) is 0 Å². The van der Waals surface area contributed by atoms with Crippen molar-refractivity contribution < 1.29 is 17.9 Å². The highest BCUT2D eigenvalue weighted by Crippen LogP contribution is 2.37. The number of carbonyl (C=O) groups excluding carboxylic acids is 1. The number of hydrogen-bond acceptors (Lipinski definition) is 6. The molecule has 5 nitrogen and oxygen atoms in total. The number of benzene rings is 1. The zero-order valence-electron chi connectivity index (χ0n) is 13.6. The van der Waals surface area contributed by atoms with E-state index in [4.69, 9.17) is 17.0 Å². The number of thiocarbonyl (C=S) groups is 1. The molecule has 0 aromatic heterocycles. The molecular weight excluding hydrogens is 378 g/mol. The zero-order chi connectivity index (χ0) is 17.8. The lowest BCUT2D eigenvalue weighted by Crippen LogP contribution is -2.39. The van der Waals surface area contributed by atoms with E-state index in [1.54, 1.807) is 0 Å². The monoisotopic (exact) mass is 395 g/mol. The third kappa shape index (κ3) is 3.22. The van der Waals surface area contributed by atoms with Gasteiger partial charge in [0.25, 0.3) is 5.91 Å². The molecule has 0 spiro atoms. The first-order chi connectivity index (χ1) is 11.8. The molecule has 8 heteroatoms. The van der Waals surface area contributed by atoms with Crippen molar-refractivity contribution in [2.75, 3.05) is 11.5 Å². The van der Waals surface area contributed by atoms with Gasteiger partial charge in [-0.25, -0.2) is 8.42 Å². The van der Waals surface area contributed by atoms with Crippen LogP contribution in [0.5, 0.6) is 5.75 Å². The molecule has 0 N–H and O–H groups in total. The van der Waals surface area contributed by atoms with Gasteiger partial charge in [-0.2, -0.15) is 0 Å². The number of rotatable bonds is 2. The fourth-order valence-electron chi connectivity index (χ4n) is 3.46. The molecule has 3 aliphatic rings. The third-order valence-corrected chi connectivity index (χ3v) is 7.70. The summed E-state index contributed by atoms with van der Waals surface area (Å²) in [6, 6.07) is 5.54. The summed E-state index contributed by atoms with van der Waals surface area (Å²) in [6.07, 6.45) is 3.31. The van der Waals surface area contributed by atoms with Crippen LogP contribution in [0.4, 0.5) is 0 Å². The number of hydrogen-bond donors (Lipinski definition) is 0. The van der Waals surface area contributed by atoms with Crippen molar-refractivity contribution in [3.8, 4) is 5.75 Å². The van der Waals surface area contributed by atoms with Gasteiger partial charge >= 0.3 is 0 Å². The van der Waals surface area contributed by atoms with Crippen LogP contribution in [0.2, 0.25) is 0 Å². The minimum absolute atomic E-state index is 0.000786. The van der Waals surface area contributed by atoms with Crippen LogP contribution in [0.1, 0.15) is 24.5 Å². The lowest BCUT2D eigenvalue weighted by molar-refractivity contribution is -0.123. The van der Waals surface area contributed by atoms with E-state index >= 15 is 0 Å². The Morgan fingerprint density at radius 3 is 2.92 bits per heavy atom. The van der Waals surface area contributed by atoms with Crippen LogP contribution >= 0.6 is 24.0 Å². The average molecular weight is 396 g/mol. The topological polar surface area (TPSA) is 63.7 Å². The maximum Gasteiger partial charge on any atom is 0.266 e. The number of amides is 1. The Morgan fingerprint density at radius 2 is 2.20 bits per heavy atom. The second kappa shape index (κ2) is 6.10. The minimum Gasteiger partial charge on any atom is -0.490 e. The summed E-state index contributed by atoms with van der Waals surface area (Å²) in [5.74, 6) is 0.827. The van der Waals surface area contributed by atoms with Crippen LogP contribution in [0.25, 0.3) is 6.08 Å². The van der Waals surface area contributed by atoms with Gasteiger partial charge in [0.1, 0.15) is 16.2 Å². The Hall–Kier alpha value is -1.38. The number of ether oxygens (including phenoxy) is 1. The second-order valence-corrected chi connectivity index (χ2v) is 10.5. The second-order valence-electron chi connectivity index (χ2n) is 6.61. The first-order valence-corrected chi connectivity index (χ1v) is 11.1. The number of sulfone groups is 1. The molecule has 2 fully saturated rings. The van der Waals surface area contributed by atoms with E-state index in [0.717, 1.165) is 23.3 Å². The number of carbonyl (C=O) groups is 1. The minimum atomic E-state index is -3.06. The summed E-state index contributed by atoms with van der Waals surface area (Å²) >= 11 is 6.57. The van der Waals surface area contributed by atoms with Crippen molar-refractivity contribution in [1.29, 1.82) is 0 Å². The zero-order valence-corrected chi connectivity index (χ0v) is 16.0. The molecule has 4 rings (SSSR count). The van der Waals surface area contributed by atoms with Crippen molar-refractivity contribution >= 4 is 50.1 Å². The first-order valence-electron chi connectivity index (χ1n) is 8.09. The number of thioether (sulfide) groups is 1. The van der Waals surface area contributed by atoms with E-state index < -0.39 is 9.84 Å². The van der Waals surface area contributed by atoms with Gasteiger partial charge in [-0.3, -0.25) is 9.69 Å². The SMILES string of the molecule is C[C@H]1Cc2cc(/C=C3\SC(=S)N([C@@H]4CCS(=O)(=O)C4)C3=O)ccc2O1. The molecule has 25 heavy (non-hydrogen) atoms. The van der Waals surface area contributed by atoms with E-state index in [1.807, 2.05) is 31.2 Å². The van der Waals surface area contributed by atoms with Crippen molar-refractivity contribution in [2.24, 2.45) is 0 Å². The summed E-state index contributed by atoms with van der Waals surface area (Å²) in [7, 11) is -3.06. The predicted octanol–water partition coefficient (Wildman–Crippen LogP) is 2.40. The molecule has 0 unspecified atom stereocenters. The molecule has 3 aliphatic heterocycles. The Bertz CT molecular complexity index is 906. The molecule has 1 amide bonds. The van der Waals surface area contributed by atoms with Gasteiger partial charge in [0.15, 0.2) is 9.84 Å². The Kier molecular flexibility index (Phi) is 4.16. The first kappa shape index (κ1) is 17.1. The molecule has 2 atom stereocenters. The van der Waals surface area contributed by atoms with Gasteiger partial charge in [0.05, 0.1) is 22.5 Å². The molecule has 1 aromatic carbocycles. The van der Waals surface area contributed by atoms with Crippen LogP contribution in [-0.2, 0) is 21.1 Å². The van der Waals surface area contributed by atoms with E-state index in [9.17, 15) is 13.2 Å². The molecular formula is C17H17NO4S3. The molecule has 3 heterocycles. The van der Waals surface area contributed by atoms with Gasteiger partial charge in [-0.1, -0.05) is 30.0 Å². The van der Waals surface area contributed by atoms with Crippen LogP contribution in [-0.4, -0.2) is 47.2 Å². The standard InChI is InChI=1S/C17H17NO4S3/c1-10-6-12-7-11(2-3-14(12)22-10)8-15-16(19)18(17(23)24-15)13-4-5-25(20,21)9-13/h2-3,7-8,10,13H,4-6,9H2,1H3/b15-8-/t10-,13+/m0/s1. The molecule has 1 aromatic rings. The van der Waals surface area contributed by atoms with Crippen molar-refractivity contribution in [1.82, 2.24) is 4.90 Å². The highest BCUT2D eigenvalue weighted by molar-refractivity contribution is 8.26. The molecule has 2 saturated heterocycles. The summed E-state index contributed by atoms with van der Waals surface area (Å²) in [6.45, 7) is 2.03. The summed E-state index contributed by atoms with van der Waals surface area (Å²) < 4.78 is 29.5. The fourth-order valence-corrected chi connectivity index (χ4v) is 6.56. The van der Waals surface area contributed by atoms with Crippen LogP contribution in [0, 0.1) is 0 Å². The normalized spacial score (nSPS) is 29.3. The average Bonchev–Trinajstić information content (AvgIpc) is 3.15. The lowest BCUT2D eigenvalue weighted by Gasteiger charge is -2.20. The molecule has 0 saturated carbocycles. The lowest BCUT2D eigenvalue weighted by atomic mass is 10.1. The summed E-state index contributed by atoms with van der Waals surface area (Å²) in [5.41, 5.74) is 2.06. The molecule has 132 valence electrons. The third-order valence-electron chi connectivity index (χ3n) is 4.61. The van der Waals surface area contributed by atoms with Crippen LogP contribution in [0.3, 0.4) is 0 Å². The fraction of sp³-hybridized carbons (Fsp3) is 0.412. The van der Waals surface area contributed by atoms with Crippen LogP contribution < -0.4 is 4.74 Å². The van der Waals surface area contributed by atoms with E-state index in [1.165, 1.54) is 16.7 Å². The number of nitrogens with zero attached hydrogens (tertiary/aromatic N) is 1. The van der Waals surface area contributed by atoms with E-state index in [-0.39, 0.29) is 29.6 Å². The largest absolute Gasteiger partial charge is 0.490 e. The predicted molar refractivity (Wildman–Crippen MR) is 102 cm³/mol. The Balaban J connectivity index is 1.58. The summed E-state index contributed by atoms with van der Waals surface area (Å²) in [4.78, 5) is 14.8.